The Morgan fingerprint density at radius 1 is 1.17 bits per heavy atom. The van der Waals surface area contributed by atoms with Crippen molar-refractivity contribution in [2.24, 2.45) is 0 Å². The second kappa shape index (κ2) is 6.62. The highest BCUT2D eigenvalue weighted by atomic mass is 16.5. The van der Waals surface area contributed by atoms with E-state index in [-0.39, 0.29) is 6.61 Å². The highest BCUT2D eigenvalue weighted by molar-refractivity contribution is 5.63. The van der Waals surface area contributed by atoms with Crippen LogP contribution in [0, 0.1) is 11.3 Å². The topological polar surface area (TPSA) is 81.2 Å². The summed E-state index contributed by atoms with van der Waals surface area (Å²) < 4.78 is 16.0. The average Bonchev–Trinajstić information content (AvgIpc) is 3.09. The Morgan fingerprint density at radius 3 is 2.87 bits per heavy atom. The first kappa shape index (κ1) is 14.6. The van der Waals surface area contributed by atoms with E-state index in [4.69, 9.17) is 19.3 Å². The Labute approximate surface area is 132 Å². The van der Waals surface area contributed by atoms with E-state index in [0.29, 0.717) is 28.8 Å². The molecule has 6 heteroatoms. The van der Waals surface area contributed by atoms with E-state index in [1.807, 2.05) is 24.3 Å². The van der Waals surface area contributed by atoms with Crippen LogP contribution in [0.5, 0.6) is 11.5 Å². The second-order valence-electron chi connectivity index (χ2n) is 4.64. The molecule has 6 nitrogen and oxygen atoms in total. The fourth-order valence-corrected chi connectivity index (χ4v) is 2.05. The van der Waals surface area contributed by atoms with Gasteiger partial charge in [0.05, 0.1) is 24.3 Å². The summed E-state index contributed by atoms with van der Waals surface area (Å²) in [6.07, 6.45) is 0. The lowest BCUT2D eigenvalue weighted by molar-refractivity contribution is 0.243. The van der Waals surface area contributed by atoms with Crippen molar-refractivity contribution in [2.45, 2.75) is 6.61 Å². The Kier molecular flexibility index (Phi) is 4.20. The normalized spacial score (nSPS) is 10.1. The molecule has 1 heterocycles. The van der Waals surface area contributed by atoms with Gasteiger partial charge in [-0.05, 0) is 30.3 Å². The summed E-state index contributed by atoms with van der Waals surface area (Å²) in [6, 6.07) is 16.4. The molecule has 0 N–H and O–H groups in total. The molecule has 3 rings (SSSR count). The summed E-state index contributed by atoms with van der Waals surface area (Å²) in [5.41, 5.74) is 1.28. The van der Waals surface area contributed by atoms with Crippen molar-refractivity contribution in [1.29, 1.82) is 5.26 Å². The number of benzene rings is 2. The zero-order valence-corrected chi connectivity index (χ0v) is 12.4. The van der Waals surface area contributed by atoms with Crippen LogP contribution in [-0.4, -0.2) is 17.3 Å². The van der Waals surface area contributed by atoms with Gasteiger partial charge in [0.1, 0.15) is 11.5 Å². The van der Waals surface area contributed by atoms with Gasteiger partial charge in [0.25, 0.3) is 5.89 Å². The molecule has 0 aliphatic heterocycles. The zero-order valence-electron chi connectivity index (χ0n) is 12.4. The third-order valence-electron chi connectivity index (χ3n) is 3.14. The molecule has 1 aromatic heterocycles. The van der Waals surface area contributed by atoms with E-state index in [1.165, 1.54) is 0 Å². The smallest absolute Gasteiger partial charge is 0.264 e. The Bertz CT molecular complexity index is 852. The zero-order chi connectivity index (χ0) is 16.1. The second-order valence-corrected chi connectivity index (χ2v) is 4.64. The van der Waals surface area contributed by atoms with Gasteiger partial charge in [-0.1, -0.05) is 23.4 Å². The lowest BCUT2D eigenvalue weighted by Crippen LogP contribution is -1.96. The highest BCUT2D eigenvalue weighted by Gasteiger charge is 2.13. The molecule has 0 unspecified atom stereocenters. The van der Waals surface area contributed by atoms with E-state index in [2.05, 4.69) is 16.2 Å². The van der Waals surface area contributed by atoms with Crippen molar-refractivity contribution in [3.63, 3.8) is 0 Å². The third kappa shape index (κ3) is 3.30. The molecule has 0 saturated heterocycles. The first-order chi connectivity index (χ1) is 11.3. The molecule has 0 saturated carbocycles. The van der Waals surface area contributed by atoms with E-state index < -0.39 is 0 Å². The third-order valence-corrected chi connectivity index (χ3v) is 3.14. The molecule has 114 valence electrons. The van der Waals surface area contributed by atoms with Crippen molar-refractivity contribution < 1.29 is 14.0 Å². The minimum Gasteiger partial charge on any atom is -0.496 e. The van der Waals surface area contributed by atoms with Crippen LogP contribution in [0.1, 0.15) is 11.5 Å². The number of hydrogen-bond donors (Lipinski definition) is 0. The van der Waals surface area contributed by atoms with Gasteiger partial charge in [-0.2, -0.15) is 10.2 Å². The SMILES string of the molecule is COc1ccccc1-c1noc(COc2cccc(C#N)c2)n1. The van der Waals surface area contributed by atoms with Crippen LogP contribution in [0.25, 0.3) is 11.4 Å². The molecule has 0 bridgehead atoms. The number of aromatic nitrogens is 2. The monoisotopic (exact) mass is 307 g/mol. The number of rotatable bonds is 5. The first-order valence-corrected chi connectivity index (χ1v) is 6.89. The highest BCUT2D eigenvalue weighted by Crippen LogP contribution is 2.27. The Balaban J connectivity index is 1.73. The number of methoxy groups -OCH3 is 1. The van der Waals surface area contributed by atoms with Crippen molar-refractivity contribution in [3.05, 3.63) is 60.0 Å². The number of nitriles is 1. The van der Waals surface area contributed by atoms with Gasteiger partial charge in [-0.15, -0.1) is 0 Å². The largest absolute Gasteiger partial charge is 0.496 e. The van der Waals surface area contributed by atoms with Gasteiger partial charge in [0, 0.05) is 0 Å². The van der Waals surface area contributed by atoms with Gasteiger partial charge >= 0.3 is 0 Å². The van der Waals surface area contributed by atoms with Crippen LogP contribution < -0.4 is 9.47 Å². The number of ether oxygens (including phenoxy) is 2. The van der Waals surface area contributed by atoms with Crippen molar-refractivity contribution in [3.8, 4) is 29.0 Å². The van der Waals surface area contributed by atoms with Gasteiger partial charge in [0.2, 0.25) is 5.82 Å². The first-order valence-electron chi connectivity index (χ1n) is 6.89. The summed E-state index contributed by atoms with van der Waals surface area (Å²) in [5.74, 6) is 2.02. The van der Waals surface area contributed by atoms with E-state index >= 15 is 0 Å². The molecule has 2 aromatic carbocycles. The number of para-hydroxylation sites is 1. The van der Waals surface area contributed by atoms with Crippen LogP contribution in [0.15, 0.2) is 53.1 Å². The molecule has 0 amide bonds. The van der Waals surface area contributed by atoms with Gasteiger partial charge in [-0.25, -0.2) is 0 Å². The summed E-state index contributed by atoms with van der Waals surface area (Å²) in [6.45, 7) is 0.122. The Morgan fingerprint density at radius 2 is 2.04 bits per heavy atom. The van der Waals surface area contributed by atoms with Crippen LogP contribution in [-0.2, 0) is 6.61 Å². The predicted octanol–water partition coefficient (Wildman–Crippen LogP) is 3.20. The van der Waals surface area contributed by atoms with E-state index in [9.17, 15) is 0 Å². The number of hydrogen-bond acceptors (Lipinski definition) is 6. The van der Waals surface area contributed by atoms with Crippen LogP contribution >= 0.6 is 0 Å². The van der Waals surface area contributed by atoms with Crippen molar-refractivity contribution in [1.82, 2.24) is 10.1 Å². The van der Waals surface area contributed by atoms with Gasteiger partial charge in [-0.3, -0.25) is 0 Å². The minimum absolute atomic E-state index is 0.122. The summed E-state index contributed by atoms with van der Waals surface area (Å²) >= 11 is 0. The maximum atomic E-state index is 8.87. The summed E-state index contributed by atoms with van der Waals surface area (Å²) in [5, 5.41) is 12.8. The lowest BCUT2D eigenvalue weighted by Gasteiger charge is -2.03. The molecule has 0 atom stereocenters. The fraction of sp³-hybridized carbons (Fsp3) is 0.118. The molecular formula is C17H13N3O3. The minimum atomic E-state index is 0.122. The maximum Gasteiger partial charge on any atom is 0.264 e. The maximum absolute atomic E-state index is 8.87. The molecule has 0 aliphatic rings. The van der Waals surface area contributed by atoms with E-state index in [1.54, 1.807) is 31.4 Å². The summed E-state index contributed by atoms with van der Waals surface area (Å²) in [7, 11) is 1.59. The summed E-state index contributed by atoms with van der Waals surface area (Å²) in [4.78, 5) is 4.30. The van der Waals surface area contributed by atoms with Gasteiger partial charge in [0.15, 0.2) is 6.61 Å². The molecular weight excluding hydrogens is 294 g/mol. The lowest BCUT2D eigenvalue weighted by atomic mass is 10.2. The Hall–Kier alpha value is -3.33. The predicted molar refractivity (Wildman–Crippen MR) is 81.8 cm³/mol. The van der Waals surface area contributed by atoms with Crippen LogP contribution in [0.4, 0.5) is 0 Å². The molecule has 0 spiro atoms. The van der Waals surface area contributed by atoms with Crippen LogP contribution in [0.3, 0.4) is 0 Å². The fourth-order valence-electron chi connectivity index (χ4n) is 2.05. The molecule has 23 heavy (non-hydrogen) atoms. The van der Waals surface area contributed by atoms with Crippen molar-refractivity contribution >= 4 is 0 Å². The van der Waals surface area contributed by atoms with Gasteiger partial charge < -0.3 is 14.0 Å². The quantitative estimate of drug-likeness (QED) is 0.720. The van der Waals surface area contributed by atoms with Crippen molar-refractivity contribution in [2.75, 3.05) is 7.11 Å². The molecule has 0 radical (unpaired) electrons. The standard InChI is InChI=1S/C17H13N3O3/c1-21-15-8-3-2-7-14(15)17-19-16(23-20-17)11-22-13-6-4-5-12(9-13)10-18/h2-9H,11H2,1H3. The molecule has 0 aliphatic carbocycles. The van der Waals surface area contributed by atoms with Crippen LogP contribution in [0.2, 0.25) is 0 Å². The molecule has 0 fully saturated rings. The molecule has 3 aromatic rings. The average molecular weight is 307 g/mol. The number of nitrogens with zero attached hydrogens (tertiary/aromatic N) is 3. The van der Waals surface area contributed by atoms with E-state index in [0.717, 1.165) is 5.56 Å².